The minimum atomic E-state index is -0.290. The van der Waals surface area contributed by atoms with Crippen molar-refractivity contribution in [2.24, 2.45) is 11.7 Å². The lowest BCUT2D eigenvalue weighted by molar-refractivity contribution is -0.126. The average molecular weight is 327 g/mol. The Morgan fingerprint density at radius 1 is 1.30 bits per heavy atom. The normalized spacial score (nSPS) is 20.7. The molecule has 0 bridgehead atoms. The summed E-state index contributed by atoms with van der Waals surface area (Å²) in [6, 6.07) is 9.50. The first-order valence-corrected chi connectivity index (χ1v) is 8.41. The molecular formula is C17H17N3O2S. The number of rotatable bonds is 4. The molecule has 2 aromatic heterocycles. The summed E-state index contributed by atoms with van der Waals surface area (Å²) < 4.78 is 5.93. The van der Waals surface area contributed by atoms with Crippen molar-refractivity contribution in [3.8, 4) is 22.4 Å². The van der Waals surface area contributed by atoms with Crippen molar-refractivity contribution >= 4 is 17.2 Å². The van der Waals surface area contributed by atoms with Crippen LogP contribution in [0.2, 0.25) is 0 Å². The number of hydrogen-bond acceptors (Lipinski definition) is 5. The number of nitrogens with zero attached hydrogens (tertiary/aromatic N) is 2. The number of nitriles is 1. The number of amides is 1. The predicted octanol–water partition coefficient (Wildman–Crippen LogP) is 3.10. The maximum Gasteiger partial charge on any atom is 0.224 e. The molecule has 3 rings (SSSR count). The van der Waals surface area contributed by atoms with Crippen molar-refractivity contribution in [2.45, 2.75) is 31.8 Å². The molecular weight excluding hydrogens is 310 g/mol. The van der Waals surface area contributed by atoms with E-state index in [0.29, 0.717) is 10.6 Å². The van der Waals surface area contributed by atoms with E-state index in [1.54, 1.807) is 12.3 Å². The van der Waals surface area contributed by atoms with Gasteiger partial charge in [0.1, 0.15) is 22.8 Å². The van der Waals surface area contributed by atoms with Gasteiger partial charge in [0.2, 0.25) is 5.91 Å². The zero-order valence-corrected chi connectivity index (χ0v) is 13.4. The Labute approximate surface area is 138 Å². The van der Waals surface area contributed by atoms with Crippen LogP contribution >= 0.6 is 11.3 Å². The van der Waals surface area contributed by atoms with E-state index in [0.717, 1.165) is 36.3 Å². The zero-order chi connectivity index (χ0) is 16.2. The fourth-order valence-electron chi connectivity index (χ4n) is 2.87. The molecule has 2 heterocycles. The summed E-state index contributed by atoms with van der Waals surface area (Å²) in [6.45, 7) is 0. The highest BCUT2D eigenvalue weighted by Gasteiger charge is 2.31. The van der Waals surface area contributed by atoms with E-state index in [-0.39, 0.29) is 17.9 Å². The van der Waals surface area contributed by atoms with Crippen LogP contribution in [0, 0.1) is 17.2 Å². The van der Waals surface area contributed by atoms with Gasteiger partial charge < -0.3 is 10.5 Å². The van der Waals surface area contributed by atoms with Gasteiger partial charge in [-0.2, -0.15) is 5.26 Å². The molecule has 1 aliphatic carbocycles. The van der Waals surface area contributed by atoms with Crippen molar-refractivity contribution in [1.29, 1.82) is 5.26 Å². The molecule has 1 amide bonds. The number of nitrogens with two attached hydrogens (primary N) is 1. The minimum Gasteiger partial charge on any atom is -0.488 e. The lowest BCUT2D eigenvalue weighted by Gasteiger charge is -2.29. The Bertz CT molecular complexity index is 733. The lowest BCUT2D eigenvalue weighted by Crippen LogP contribution is -2.39. The summed E-state index contributed by atoms with van der Waals surface area (Å²) in [7, 11) is 0. The van der Waals surface area contributed by atoms with Gasteiger partial charge in [-0.25, -0.2) is 0 Å². The summed E-state index contributed by atoms with van der Waals surface area (Å²) in [5.41, 5.74) is 6.27. The van der Waals surface area contributed by atoms with Gasteiger partial charge in [-0.15, -0.1) is 11.3 Å². The van der Waals surface area contributed by atoms with Crippen LogP contribution < -0.4 is 10.5 Å². The smallest absolute Gasteiger partial charge is 0.224 e. The third kappa shape index (κ3) is 3.51. The molecule has 6 heteroatoms. The highest BCUT2D eigenvalue weighted by atomic mass is 32.1. The number of thiophene rings is 1. The monoisotopic (exact) mass is 327 g/mol. The standard InChI is InChI=1S/C17H17N3O2S/c18-9-12-6-8-16(23-12)14-7-5-11(10-20-14)22-15-4-2-1-3-13(15)17(19)21/h5-8,10,13,15H,1-4H2,(H2,19,21)/t13-,15+/m0/s1. The van der Waals surface area contributed by atoms with Crippen LogP contribution in [0.3, 0.4) is 0 Å². The van der Waals surface area contributed by atoms with Gasteiger partial charge in [0.25, 0.3) is 0 Å². The number of carbonyl (C=O) groups is 1. The second-order valence-corrected chi connectivity index (χ2v) is 6.69. The Morgan fingerprint density at radius 2 is 2.13 bits per heavy atom. The molecule has 118 valence electrons. The van der Waals surface area contributed by atoms with Crippen molar-refractivity contribution in [3.63, 3.8) is 0 Å². The molecule has 0 aromatic carbocycles. The number of hydrogen-bond donors (Lipinski definition) is 1. The SMILES string of the molecule is N#Cc1ccc(-c2ccc(O[C@@H]3CCCC[C@@H]3C(N)=O)cn2)s1. The van der Waals surface area contributed by atoms with Crippen molar-refractivity contribution in [2.75, 3.05) is 0 Å². The minimum absolute atomic E-state index is 0.166. The van der Waals surface area contributed by atoms with Gasteiger partial charge in [-0.1, -0.05) is 6.42 Å². The first kappa shape index (κ1) is 15.5. The van der Waals surface area contributed by atoms with Crippen LogP contribution in [0.25, 0.3) is 10.6 Å². The van der Waals surface area contributed by atoms with Crippen LogP contribution in [0.4, 0.5) is 0 Å². The predicted molar refractivity (Wildman–Crippen MR) is 87.8 cm³/mol. The summed E-state index contributed by atoms with van der Waals surface area (Å²) in [4.78, 5) is 17.5. The molecule has 2 aromatic rings. The van der Waals surface area contributed by atoms with Gasteiger partial charge in [-0.3, -0.25) is 9.78 Å². The molecule has 0 spiro atoms. The molecule has 2 N–H and O–H groups in total. The maximum atomic E-state index is 11.5. The maximum absolute atomic E-state index is 11.5. The lowest BCUT2D eigenvalue weighted by atomic mass is 9.86. The molecule has 23 heavy (non-hydrogen) atoms. The van der Waals surface area contributed by atoms with E-state index in [1.807, 2.05) is 18.2 Å². The average Bonchev–Trinajstić information content (AvgIpc) is 3.05. The largest absolute Gasteiger partial charge is 0.488 e. The van der Waals surface area contributed by atoms with Gasteiger partial charge >= 0.3 is 0 Å². The van der Waals surface area contributed by atoms with Gasteiger partial charge in [-0.05, 0) is 43.5 Å². The molecule has 0 radical (unpaired) electrons. The zero-order valence-electron chi connectivity index (χ0n) is 12.6. The molecule has 0 saturated heterocycles. The molecule has 1 saturated carbocycles. The summed E-state index contributed by atoms with van der Waals surface area (Å²) in [5.74, 6) is 0.129. The number of primary amides is 1. The van der Waals surface area contributed by atoms with Crippen LogP contribution in [-0.4, -0.2) is 17.0 Å². The van der Waals surface area contributed by atoms with Crippen LogP contribution in [0.15, 0.2) is 30.5 Å². The molecule has 5 nitrogen and oxygen atoms in total. The third-order valence-corrected chi connectivity index (χ3v) is 5.07. The molecule has 1 aliphatic rings. The van der Waals surface area contributed by atoms with Crippen molar-refractivity contribution < 1.29 is 9.53 Å². The van der Waals surface area contributed by atoms with E-state index in [9.17, 15) is 4.79 Å². The van der Waals surface area contributed by atoms with E-state index in [2.05, 4.69) is 11.1 Å². The molecule has 0 aliphatic heterocycles. The highest BCUT2D eigenvalue weighted by molar-refractivity contribution is 7.15. The van der Waals surface area contributed by atoms with Crippen LogP contribution in [-0.2, 0) is 4.79 Å². The van der Waals surface area contributed by atoms with Gasteiger partial charge in [0.05, 0.1) is 22.7 Å². The Kier molecular flexibility index (Phi) is 4.58. The Hall–Kier alpha value is -2.39. The fourth-order valence-corrected chi connectivity index (χ4v) is 3.65. The van der Waals surface area contributed by atoms with Gasteiger partial charge in [0, 0.05) is 0 Å². The Morgan fingerprint density at radius 3 is 2.78 bits per heavy atom. The fraction of sp³-hybridized carbons (Fsp3) is 0.353. The molecule has 2 atom stereocenters. The first-order valence-electron chi connectivity index (χ1n) is 7.59. The van der Waals surface area contributed by atoms with Crippen molar-refractivity contribution in [1.82, 2.24) is 4.98 Å². The second kappa shape index (κ2) is 6.80. The highest BCUT2D eigenvalue weighted by Crippen LogP contribution is 2.30. The first-order chi connectivity index (χ1) is 11.2. The number of pyridine rings is 1. The number of carbonyl (C=O) groups excluding carboxylic acids is 1. The van der Waals surface area contributed by atoms with Gasteiger partial charge in [0.15, 0.2) is 0 Å². The van der Waals surface area contributed by atoms with E-state index in [1.165, 1.54) is 11.3 Å². The van der Waals surface area contributed by atoms with E-state index < -0.39 is 0 Å². The number of ether oxygens (including phenoxy) is 1. The molecule has 0 unspecified atom stereocenters. The molecule has 1 fully saturated rings. The van der Waals surface area contributed by atoms with E-state index in [4.69, 9.17) is 15.7 Å². The summed E-state index contributed by atoms with van der Waals surface area (Å²) in [5, 5.41) is 8.88. The van der Waals surface area contributed by atoms with Crippen LogP contribution in [0.1, 0.15) is 30.6 Å². The Balaban J connectivity index is 1.72. The van der Waals surface area contributed by atoms with Crippen LogP contribution in [0.5, 0.6) is 5.75 Å². The number of aromatic nitrogens is 1. The third-order valence-electron chi connectivity index (χ3n) is 4.06. The topological polar surface area (TPSA) is 89.0 Å². The second-order valence-electron chi connectivity index (χ2n) is 5.60. The van der Waals surface area contributed by atoms with E-state index >= 15 is 0 Å². The summed E-state index contributed by atoms with van der Waals surface area (Å²) >= 11 is 1.41. The quantitative estimate of drug-likeness (QED) is 0.934. The summed E-state index contributed by atoms with van der Waals surface area (Å²) in [6.07, 6.45) is 5.19. The van der Waals surface area contributed by atoms with Crippen molar-refractivity contribution in [3.05, 3.63) is 35.3 Å².